The third-order valence-corrected chi connectivity index (χ3v) is 1.00. The lowest BCUT2D eigenvalue weighted by Gasteiger charge is -1.95. The van der Waals surface area contributed by atoms with Gasteiger partial charge in [-0.05, 0) is 26.3 Å². The molecule has 2 nitrogen and oxygen atoms in total. The maximum atomic E-state index is 5.53. The fourth-order valence-corrected chi connectivity index (χ4v) is 0.693. The number of rotatable bonds is 3. The minimum Gasteiger partial charge on any atom is -0.325 e. The van der Waals surface area contributed by atoms with Crippen LogP contribution >= 0.6 is 0 Å². The summed E-state index contributed by atoms with van der Waals surface area (Å²) in [6.07, 6.45) is 3.84. The van der Waals surface area contributed by atoms with E-state index in [0.29, 0.717) is 0 Å². The first-order valence-corrected chi connectivity index (χ1v) is 3.60. The van der Waals surface area contributed by atoms with Crippen LogP contribution in [0.2, 0.25) is 0 Å². The molecule has 10 heavy (non-hydrogen) atoms. The number of hydrogen-bond acceptors (Lipinski definition) is 2. The number of aliphatic imine (C=N–C) groups is 1. The van der Waals surface area contributed by atoms with Crippen LogP contribution in [0, 0.1) is 0 Å². The van der Waals surface area contributed by atoms with Gasteiger partial charge in [-0.25, -0.2) is 0 Å². The van der Waals surface area contributed by atoms with E-state index in [-0.39, 0.29) is 6.04 Å². The minimum absolute atomic E-state index is 0.128. The van der Waals surface area contributed by atoms with Crippen molar-refractivity contribution >= 4 is 6.21 Å². The molecule has 0 spiro atoms. The molecule has 1 atom stereocenters. The summed E-state index contributed by atoms with van der Waals surface area (Å²) >= 11 is 0. The van der Waals surface area contributed by atoms with Crippen molar-refractivity contribution in [1.29, 1.82) is 0 Å². The molecule has 58 valence electrons. The van der Waals surface area contributed by atoms with Gasteiger partial charge in [-0.15, -0.1) is 0 Å². The third kappa shape index (κ3) is 5.51. The fraction of sp³-hybridized carbons (Fsp3) is 0.625. The summed E-state index contributed by atoms with van der Waals surface area (Å²) < 4.78 is 0. The van der Waals surface area contributed by atoms with Crippen molar-refractivity contribution in [2.45, 2.75) is 26.8 Å². The van der Waals surface area contributed by atoms with E-state index in [9.17, 15) is 0 Å². The molecule has 0 saturated heterocycles. The van der Waals surface area contributed by atoms with E-state index in [0.717, 1.165) is 12.1 Å². The number of nitrogens with zero attached hydrogens (tertiary/aromatic N) is 1. The highest BCUT2D eigenvalue weighted by molar-refractivity contribution is 5.77. The molecule has 0 radical (unpaired) electrons. The molecule has 0 bridgehead atoms. The summed E-state index contributed by atoms with van der Waals surface area (Å²) in [5.74, 6) is 0. The second-order valence-corrected chi connectivity index (χ2v) is 2.40. The normalized spacial score (nSPS) is 16.2. The summed E-state index contributed by atoms with van der Waals surface area (Å²) in [6, 6.07) is 0.128. The van der Waals surface area contributed by atoms with Crippen LogP contribution in [0.25, 0.3) is 0 Å². The molecule has 1 unspecified atom stereocenters. The van der Waals surface area contributed by atoms with E-state index in [1.165, 1.54) is 0 Å². The molecule has 0 aliphatic carbocycles. The lowest BCUT2D eigenvalue weighted by molar-refractivity contribution is 0.920. The van der Waals surface area contributed by atoms with Gasteiger partial charge in [0.15, 0.2) is 0 Å². The van der Waals surface area contributed by atoms with Crippen molar-refractivity contribution in [3.8, 4) is 0 Å². The lowest BCUT2D eigenvalue weighted by atomic mass is 10.2. The van der Waals surface area contributed by atoms with Crippen LogP contribution < -0.4 is 5.73 Å². The zero-order chi connectivity index (χ0) is 7.98. The molecule has 0 heterocycles. The van der Waals surface area contributed by atoms with Gasteiger partial charge in [0, 0.05) is 18.8 Å². The Morgan fingerprint density at radius 1 is 1.70 bits per heavy atom. The Balaban J connectivity index is 3.82. The Morgan fingerprint density at radius 3 is 2.70 bits per heavy atom. The number of allylic oxidation sites excluding steroid dienone is 1. The van der Waals surface area contributed by atoms with Crippen molar-refractivity contribution < 1.29 is 0 Å². The van der Waals surface area contributed by atoms with E-state index >= 15 is 0 Å². The van der Waals surface area contributed by atoms with Crippen LogP contribution in [0.3, 0.4) is 0 Å². The zero-order valence-electron chi connectivity index (χ0n) is 6.96. The van der Waals surface area contributed by atoms with Crippen molar-refractivity contribution in [3.63, 3.8) is 0 Å². The first-order chi connectivity index (χ1) is 4.66. The molecule has 0 aromatic rings. The Morgan fingerprint density at radius 2 is 2.30 bits per heavy atom. The summed E-state index contributed by atoms with van der Waals surface area (Å²) in [6.45, 7) is 6.80. The van der Waals surface area contributed by atoms with Gasteiger partial charge >= 0.3 is 0 Å². The minimum atomic E-state index is 0.128. The maximum absolute atomic E-state index is 5.53. The van der Waals surface area contributed by atoms with Gasteiger partial charge in [-0.3, -0.25) is 4.99 Å². The third-order valence-electron chi connectivity index (χ3n) is 1.00. The van der Waals surface area contributed by atoms with Crippen molar-refractivity contribution in [2.75, 3.05) is 6.54 Å². The topological polar surface area (TPSA) is 38.4 Å². The van der Waals surface area contributed by atoms with E-state index in [2.05, 4.69) is 4.99 Å². The fourth-order valence-electron chi connectivity index (χ4n) is 0.693. The zero-order valence-corrected chi connectivity index (χ0v) is 6.96. The Hall–Kier alpha value is -0.630. The van der Waals surface area contributed by atoms with Crippen LogP contribution in [-0.4, -0.2) is 18.8 Å². The first-order valence-electron chi connectivity index (χ1n) is 3.60. The highest BCUT2D eigenvalue weighted by Crippen LogP contribution is 1.89. The van der Waals surface area contributed by atoms with Gasteiger partial charge in [-0.1, -0.05) is 6.08 Å². The van der Waals surface area contributed by atoms with Gasteiger partial charge in [0.2, 0.25) is 0 Å². The van der Waals surface area contributed by atoms with Crippen LogP contribution in [0.1, 0.15) is 20.8 Å². The molecule has 0 aromatic carbocycles. The first kappa shape index (κ1) is 9.37. The number of hydrogen-bond donors (Lipinski definition) is 1. The molecule has 0 aliphatic heterocycles. The van der Waals surface area contributed by atoms with Crippen LogP contribution in [0.4, 0.5) is 0 Å². The van der Waals surface area contributed by atoms with Crippen molar-refractivity contribution in [3.05, 3.63) is 11.6 Å². The van der Waals surface area contributed by atoms with Gasteiger partial charge in [0.05, 0.1) is 0 Å². The maximum Gasteiger partial charge on any atom is 0.0361 e. The summed E-state index contributed by atoms with van der Waals surface area (Å²) in [7, 11) is 0. The highest BCUT2D eigenvalue weighted by atomic mass is 14.7. The van der Waals surface area contributed by atoms with Crippen molar-refractivity contribution in [2.24, 2.45) is 10.7 Å². The molecule has 0 fully saturated rings. The molecular formula is C8H16N2. The predicted molar refractivity (Wildman–Crippen MR) is 46.4 cm³/mol. The van der Waals surface area contributed by atoms with Gasteiger partial charge < -0.3 is 5.73 Å². The van der Waals surface area contributed by atoms with Crippen LogP contribution in [0.5, 0.6) is 0 Å². The quantitative estimate of drug-likeness (QED) is 0.591. The van der Waals surface area contributed by atoms with E-state index in [1.807, 2.05) is 33.1 Å². The molecule has 0 aromatic heterocycles. The molecule has 2 N–H and O–H groups in total. The largest absolute Gasteiger partial charge is 0.325 e. The molecule has 0 rings (SSSR count). The smallest absolute Gasteiger partial charge is 0.0361 e. The van der Waals surface area contributed by atoms with Gasteiger partial charge in [-0.2, -0.15) is 0 Å². The number of nitrogens with two attached hydrogens (primary N) is 1. The van der Waals surface area contributed by atoms with Crippen LogP contribution in [-0.2, 0) is 0 Å². The SMILES string of the molecule is CCN=C/C(C)=C\C(C)N. The second kappa shape index (κ2) is 5.18. The summed E-state index contributed by atoms with van der Waals surface area (Å²) in [4.78, 5) is 4.08. The molecule has 2 heteroatoms. The van der Waals surface area contributed by atoms with Gasteiger partial charge in [0.1, 0.15) is 0 Å². The monoisotopic (exact) mass is 140 g/mol. The summed E-state index contributed by atoms with van der Waals surface area (Å²) in [5, 5.41) is 0. The van der Waals surface area contributed by atoms with E-state index in [1.54, 1.807) is 0 Å². The van der Waals surface area contributed by atoms with E-state index in [4.69, 9.17) is 5.73 Å². The molecule has 0 amide bonds. The summed E-state index contributed by atoms with van der Waals surface area (Å²) in [5.41, 5.74) is 6.66. The van der Waals surface area contributed by atoms with Crippen LogP contribution in [0.15, 0.2) is 16.6 Å². The Kier molecular flexibility index (Phi) is 4.85. The Labute approximate surface area is 62.8 Å². The average molecular weight is 140 g/mol. The van der Waals surface area contributed by atoms with Crippen molar-refractivity contribution in [1.82, 2.24) is 0 Å². The lowest BCUT2D eigenvalue weighted by Crippen LogP contribution is -2.11. The Bertz CT molecular complexity index is 134. The predicted octanol–water partition coefficient (Wildman–Crippen LogP) is 1.37. The molecule has 0 aliphatic rings. The standard InChI is InChI=1S/C8H16N2/c1-4-10-6-7(2)5-8(3)9/h5-6,8H,4,9H2,1-3H3/b7-5-,10-6?. The van der Waals surface area contributed by atoms with Gasteiger partial charge in [0.25, 0.3) is 0 Å². The van der Waals surface area contributed by atoms with E-state index < -0.39 is 0 Å². The molecular weight excluding hydrogens is 124 g/mol. The second-order valence-electron chi connectivity index (χ2n) is 2.40. The highest BCUT2D eigenvalue weighted by Gasteiger charge is 1.86. The molecule has 0 saturated carbocycles. The average Bonchev–Trinajstić information content (AvgIpc) is 1.82.